The largest absolute Gasteiger partial charge is 1.00 e. The molecule has 4 heteroatoms. The molecule has 0 aromatic heterocycles. The number of hydrazine groups is 2. The van der Waals surface area contributed by atoms with Gasteiger partial charge in [0.05, 0.1) is 0 Å². The van der Waals surface area contributed by atoms with Crippen molar-refractivity contribution in [2.24, 2.45) is 5.84 Å². The number of nitrogens with two attached hydrogens (primary N) is 1. The van der Waals surface area contributed by atoms with Crippen molar-refractivity contribution in [2.75, 3.05) is 7.05 Å². The Labute approximate surface area is 44.9 Å². The molecule has 0 heterocycles. The predicted octanol–water partition coefficient (Wildman–Crippen LogP) is -4.30. The summed E-state index contributed by atoms with van der Waals surface area (Å²) in [4.78, 5) is 0. The normalized spacial score (nSPS) is 6.00. The van der Waals surface area contributed by atoms with Crippen molar-refractivity contribution in [3.8, 4) is 0 Å². The van der Waals surface area contributed by atoms with Crippen LogP contribution in [-0.2, 0) is 0 Å². The van der Waals surface area contributed by atoms with Crippen molar-refractivity contribution in [3.63, 3.8) is 0 Å². The second-order valence-electron chi connectivity index (χ2n) is 0.394. The van der Waals surface area contributed by atoms with Gasteiger partial charge < -0.3 is 1.43 Å². The molecule has 4 N–H and O–H groups in total. The van der Waals surface area contributed by atoms with Crippen LogP contribution in [0.25, 0.3) is 0 Å². The van der Waals surface area contributed by atoms with Crippen LogP contribution in [0.1, 0.15) is 1.43 Å². The molecule has 0 aliphatic rings. The third kappa shape index (κ3) is 12.6. The molecule has 0 aromatic carbocycles. The second-order valence-corrected chi connectivity index (χ2v) is 0.394. The van der Waals surface area contributed by atoms with Crippen molar-refractivity contribution < 1.29 is 20.3 Å². The first-order chi connectivity index (χ1) is 1.91. The van der Waals surface area contributed by atoms with Crippen LogP contribution in [-0.4, -0.2) is 7.05 Å². The molecule has 3 nitrogen and oxygen atoms in total. The standard InChI is InChI=1S/CH7N3.Li.H/c1-3-4-2;;/h3-4H,2H2,1H3;;/q;+1;-1. The monoisotopic (exact) mass is 69.1 g/mol. The minimum absolute atomic E-state index is 0. The summed E-state index contributed by atoms with van der Waals surface area (Å²) in [5, 5.41) is 0. The molecule has 0 amide bonds. The van der Waals surface area contributed by atoms with Gasteiger partial charge in [-0.1, -0.05) is 0 Å². The van der Waals surface area contributed by atoms with E-state index in [1.165, 1.54) is 0 Å². The molecule has 0 bridgehead atoms. The maximum Gasteiger partial charge on any atom is 1.00 e. The van der Waals surface area contributed by atoms with E-state index in [0.29, 0.717) is 0 Å². The van der Waals surface area contributed by atoms with Crippen LogP contribution < -0.4 is 35.7 Å². The summed E-state index contributed by atoms with van der Waals surface area (Å²) in [6.45, 7) is 0. The molecule has 28 valence electrons. The molecule has 0 spiro atoms. The Morgan fingerprint density at radius 1 is 1.80 bits per heavy atom. The number of rotatable bonds is 1. The van der Waals surface area contributed by atoms with E-state index >= 15 is 0 Å². The van der Waals surface area contributed by atoms with E-state index < -0.39 is 0 Å². The van der Waals surface area contributed by atoms with Crippen LogP contribution in [0.15, 0.2) is 0 Å². The van der Waals surface area contributed by atoms with Gasteiger partial charge in [-0.05, 0) is 7.05 Å². The fourth-order valence-electron chi connectivity index (χ4n) is 0. The third-order valence-corrected chi connectivity index (χ3v) is 0.144. The number of hydrogen-bond donors (Lipinski definition) is 3. The Bertz CT molecular complexity index is 12.8. The zero-order chi connectivity index (χ0) is 3.41. The second kappa shape index (κ2) is 8.82. The topological polar surface area (TPSA) is 50.1 Å². The zero-order valence-electron chi connectivity index (χ0n) is 4.58. The predicted molar refractivity (Wildman–Crippen MR) is 17.5 cm³/mol. The van der Waals surface area contributed by atoms with E-state index in [0.717, 1.165) is 0 Å². The summed E-state index contributed by atoms with van der Waals surface area (Å²) in [7, 11) is 1.69. The minimum Gasteiger partial charge on any atom is -1.00 e. The SMILES string of the molecule is CNNN.[H-].[Li+]. The summed E-state index contributed by atoms with van der Waals surface area (Å²) in [6.07, 6.45) is 0. The van der Waals surface area contributed by atoms with E-state index in [1.54, 1.807) is 7.05 Å². The Morgan fingerprint density at radius 2 is 2.00 bits per heavy atom. The van der Waals surface area contributed by atoms with Gasteiger partial charge in [0.25, 0.3) is 0 Å². The molecular weight excluding hydrogens is 61.0 g/mol. The van der Waals surface area contributed by atoms with E-state index in [1.807, 2.05) is 0 Å². The zero-order valence-corrected chi connectivity index (χ0v) is 3.58. The van der Waals surface area contributed by atoms with Crippen LogP contribution in [0.5, 0.6) is 0 Å². The average Bonchev–Trinajstić information content (AvgIpc) is 1.37. The van der Waals surface area contributed by atoms with Crippen molar-refractivity contribution in [1.82, 2.24) is 11.0 Å². The summed E-state index contributed by atoms with van der Waals surface area (Å²) in [5.41, 5.74) is 4.64. The summed E-state index contributed by atoms with van der Waals surface area (Å²) in [6, 6.07) is 0. The molecule has 5 heavy (non-hydrogen) atoms. The number of nitrogens with one attached hydrogen (secondary N) is 2. The smallest absolute Gasteiger partial charge is 1.00 e. The van der Waals surface area contributed by atoms with E-state index in [2.05, 4.69) is 16.8 Å². The Morgan fingerprint density at radius 3 is 2.00 bits per heavy atom. The molecule has 0 unspecified atom stereocenters. The molecule has 0 fully saturated rings. The summed E-state index contributed by atoms with van der Waals surface area (Å²) in [5.74, 6) is 4.67. The van der Waals surface area contributed by atoms with E-state index in [-0.39, 0.29) is 20.3 Å². The van der Waals surface area contributed by atoms with E-state index in [9.17, 15) is 0 Å². The van der Waals surface area contributed by atoms with Gasteiger partial charge in [0, 0.05) is 0 Å². The van der Waals surface area contributed by atoms with Gasteiger partial charge in [-0.2, -0.15) is 5.53 Å². The summed E-state index contributed by atoms with van der Waals surface area (Å²) < 4.78 is 0. The van der Waals surface area contributed by atoms with Gasteiger partial charge in [0.15, 0.2) is 0 Å². The van der Waals surface area contributed by atoms with Crippen molar-refractivity contribution in [1.29, 1.82) is 0 Å². The third-order valence-electron chi connectivity index (χ3n) is 0.144. The van der Waals surface area contributed by atoms with Gasteiger partial charge in [-0.15, -0.1) is 0 Å². The molecule has 0 aliphatic carbocycles. The first kappa shape index (κ1) is 9.08. The first-order valence-electron chi connectivity index (χ1n) is 1.04. The maximum absolute atomic E-state index is 4.67. The van der Waals surface area contributed by atoms with Gasteiger partial charge in [-0.3, -0.25) is 5.84 Å². The van der Waals surface area contributed by atoms with Crippen LogP contribution in [0.2, 0.25) is 0 Å². The molecule has 0 aromatic rings. The van der Waals surface area contributed by atoms with Crippen molar-refractivity contribution >= 4 is 0 Å². The molecular formula is CH8LiN3. The molecule has 0 radical (unpaired) electrons. The van der Waals surface area contributed by atoms with Gasteiger partial charge in [0.2, 0.25) is 0 Å². The van der Waals surface area contributed by atoms with Crippen LogP contribution in [0, 0.1) is 0 Å². The Balaban J connectivity index is -0.0000000450. The first-order valence-corrected chi connectivity index (χ1v) is 1.04. The summed E-state index contributed by atoms with van der Waals surface area (Å²) >= 11 is 0. The minimum atomic E-state index is 0. The van der Waals surface area contributed by atoms with Crippen molar-refractivity contribution in [3.05, 3.63) is 0 Å². The number of hydrogen-bond acceptors (Lipinski definition) is 3. The molecule has 0 aliphatic heterocycles. The molecule has 0 saturated carbocycles. The molecule has 0 saturated heterocycles. The van der Waals surface area contributed by atoms with Crippen LogP contribution >= 0.6 is 0 Å². The molecule has 0 atom stereocenters. The van der Waals surface area contributed by atoms with Crippen LogP contribution in [0.4, 0.5) is 0 Å². The molecule has 0 rings (SSSR count). The Hall–Kier alpha value is 0.477. The van der Waals surface area contributed by atoms with E-state index in [4.69, 9.17) is 0 Å². The van der Waals surface area contributed by atoms with Gasteiger partial charge in [-0.25, -0.2) is 5.43 Å². The fraction of sp³-hybridized carbons (Fsp3) is 1.00. The maximum atomic E-state index is 4.67. The van der Waals surface area contributed by atoms with Crippen LogP contribution in [0.3, 0.4) is 0 Å². The van der Waals surface area contributed by atoms with Gasteiger partial charge in [0.1, 0.15) is 0 Å². The quantitative estimate of drug-likeness (QED) is 0.166. The Kier molecular flexibility index (Phi) is 16.0. The fourth-order valence-corrected chi connectivity index (χ4v) is 0. The van der Waals surface area contributed by atoms with Gasteiger partial charge >= 0.3 is 18.9 Å². The average molecular weight is 69.0 g/mol. The van der Waals surface area contributed by atoms with Crippen molar-refractivity contribution in [2.45, 2.75) is 0 Å².